The molecule has 0 bridgehead atoms. The molecule has 2 N–H and O–H groups in total. The molecule has 0 spiro atoms. The molecule has 0 amide bonds. The van der Waals surface area contributed by atoms with Gasteiger partial charge in [-0.1, -0.05) is 13.8 Å². The van der Waals surface area contributed by atoms with E-state index in [1.165, 1.54) is 5.69 Å². The second kappa shape index (κ2) is 5.98. The summed E-state index contributed by atoms with van der Waals surface area (Å²) in [5.74, 6) is 0. The Morgan fingerprint density at radius 3 is 2.45 bits per heavy atom. The molecule has 0 saturated heterocycles. The predicted molar refractivity (Wildman–Crippen MR) is 49.5 cm³/mol. The van der Waals surface area contributed by atoms with Crippen molar-refractivity contribution in [1.82, 2.24) is 4.57 Å². The molecule has 0 fully saturated rings. The summed E-state index contributed by atoms with van der Waals surface area (Å²) in [6.45, 7) is 4.73. The zero-order chi connectivity index (χ0) is 8.69. The molecule has 11 heavy (non-hydrogen) atoms. The third-order valence-corrected chi connectivity index (χ3v) is 1.45. The molecule has 0 radical (unpaired) electrons. The molecule has 0 atom stereocenters. The first-order valence-electron chi connectivity index (χ1n) is 4.15. The van der Waals surface area contributed by atoms with E-state index < -0.39 is 0 Å². The molecule has 1 aromatic rings. The standard InChI is InChI=1S/C7H12N2.C2H6/c1-9-6-2-3-7(9)4-5-8;1-2/h2-3,6H,4-5,8H2,1H3;1-2H3. The molecular formula is C9H18N2. The van der Waals surface area contributed by atoms with Crippen molar-refractivity contribution in [3.63, 3.8) is 0 Å². The topological polar surface area (TPSA) is 30.9 Å². The maximum Gasteiger partial charge on any atom is 0.0184 e. The Bertz CT molecular complexity index is 179. The van der Waals surface area contributed by atoms with E-state index in [0.717, 1.165) is 13.0 Å². The van der Waals surface area contributed by atoms with Gasteiger partial charge in [-0.2, -0.15) is 0 Å². The van der Waals surface area contributed by atoms with Crippen molar-refractivity contribution < 1.29 is 0 Å². The van der Waals surface area contributed by atoms with Gasteiger partial charge in [0.25, 0.3) is 0 Å². The number of hydrogen-bond acceptors (Lipinski definition) is 1. The van der Waals surface area contributed by atoms with Gasteiger partial charge in [-0.25, -0.2) is 0 Å². The fraction of sp³-hybridized carbons (Fsp3) is 0.556. The monoisotopic (exact) mass is 154 g/mol. The SMILES string of the molecule is CC.Cn1cccc1CCN. The van der Waals surface area contributed by atoms with Crippen molar-refractivity contribution in [3.8, 4) is 0 Å². The van der Waals surface area contributed by atoms with Gasteiger partial charge in [0.2, 0.25) is 0 Å². The highest BCUT2D eigenvalue weighted by Gasteiger charge is 1.91. The van der Waals surface area contributed by atoms with Crippen LogP contribution in [0.3, 0.4) is 0 Å². The van der Waals surface area contributed by atoms with Crippen LogP contribution in [-0.2, 0) is 13.5 Å². The van der Waals surface area contributed by atoms with Crippen molar-refractivity contribution in [2.24, 2.45) is 12.8 Å². The number of hydrogen-bond donors (Lipinski definition) is 1. The lowest BCUT2D eigenvalue weighted by Gasteiger charge is -1.98. The summed E-state index contributed by atoms with van der Waals surface area (Å²) in [5.41, 5.74) is 6.68. The van der Waals surface area contributed by atoms with Gasteiger partial charge < -0.3 is 10.3 Å². The van der Waals surface area contributed by atoms with E-state index in [9.17, 15) is 0 Å². The third kappa shape index (κ3) is 3.23. The Morgan fingerprint density at radius 2 is 2.09 bits per heavy atom. The fourth-order valence-electron chi connectivity index (χ4n) is 0.904. The van der Waals surface area contributed by atoms with Gasteiger partial charge in [0.05, 0.1) is 0 Å². The van der Waals surface area contributed by atoms with Crippen LogP contribution < -0.4 is 5.73 Å². The van der Waals surface area contributed by atoms with Crippen LogP contribution in [0.5, 0.6) is 0 Å². The van der Waals surface area contributed by atoms with Gasteiger partial charge in [-0.3, -0.25) is 0 Å². The lowest BCUT2D eigenvalue weighted by Crippen LogP contribution is -2.05. The van der Waals surface area contributed by atoms with Gasteiger partial charge >= 0.3 is 0 Å². The number of nitrogens with zero attached hydrogens (tertiary/aromatic N) is 1. The van der Waals surface area contributed by atoms with Crippen LogP contribution in [0.4, 0.5) is 0 Å². The van der Waals surface area contributed by atoms with Crippen molar-refractivity contribution in [2.75, 3.05) is 6.54 Å². The van der Waals surface area contributed by atoms with Crippen molar-refractivity contribution >= 4 is 0 Å². The summed E-state index contributed by atoms with van der Waals surface area (Å²) < 4.78 is 2.09. The van der Waals surface area contributed by atoms with E-state index in [4.69, 9.17) is 5.73 Å². The predicted octanol–water partition coefficient (Wildman–Crippen LogP) is 1.55. The van der Waals surface area contributed by atoms with Gasteiger partial charge in [0.1, 0.15) is 0 Å². The van der Waals surface area contributed by atoms with Gasteiger partial charge in [-0.15, -0.1) is 0 Å². The average Bonchev–Trinajstić information content (AvgIpc) is 2.42. The summed E-state index contributed by atoms with van der Waals surface area (Å²) in [4.78, 5) is 0. The number of aryl methyl sites for hydroxylation is 1. The molecule has 0 aliphatic heterocycles. The highest BCUT2D eigenvalue weighted by atomic mass is 14.9. The minimum atomic E-state index is 0.734. The molecular weight excluding hydrogens is 136 g/mol. The lowest BCUT2D eigenvalue weighted by atomic mass is 10.3. The van der Waals surface area contributed by atoms with E-state index in [1.54, 1.807) is 0 Å². The maximum atomic E-state index is 5.38. The fourth-order valence-corrected chi connectivity index (χ4v) is 0.904. The number of rotatable bonds is 2. The second-order valence-electron chi connectivity index (χ2n) is 2.15. The molecule has 1 rings (SSSR count). The Kier molecular flexibility index (Phi) is 5.57. The minimum absolute atomic E-state index is 0.734. The lowest BCUT2D eigenvalue weighted by molar-refractivity contribution is 0.807. The van der Waals surface area contributed by atoms with Crippen LogP contribution in [0.2, 0.25) is 0 Å². The van der Waals surface area contributed by atoms with Gasteiger partial charge in [0.15, 0.2) is 0 Å². The van der Waals surface area contributed by atoms with E-state index in [2.05, 4.69) is 10.6 Å². The molecule has 1 aromatic heterocycles. The van der Waals surface area contributed by atoms with E-state index in [1.807, 2.05) is 33.2 Å². The van der Waals surface area contributed by atoms with E-state index in [0.29, 0.717) is 0 Å². The van der Waals surface area contributed by atoms with Crippen molar-refractivity contribution in [3.05, 3.63) is 24.0 Å². The van der Waals surface area contributed by atoms with Gasteiger partial charge in [-0.05, 0) is 25.1 Å². The molecule has 0 saturated carbocycles. The van der Waals surface area contributed by atoms with Crippen molar-refractivity contribution in [1.29, 1.82) is 0 Å². The molecule has 1 heterocycles. The second-order valence-corrected chi connectivity index (χ2v) is 2.15. The first-order valence-corrected chi connectivity index (χ1v) is 4.15. The molecule has 64 valence electrons. The third-order valence-electron chi connectivity index (χ3n) is 1.45. The average molecular weight is 154 g/mol. The largest absolute Gasteiger partial charge is 0.354 e. The normalized spacial score (nSPS) is 8.73. The van der Waals surface area contributed by atoms with Gasteiger partial charge in [0, 0.05) is 18.9 Å². The summed E-state index contributed by atoms with van der Waals surface area (Å²) in [5, 5.41) is 0. The summed E-state index contributed by atoms with van der Waals surface area (Å²) in [6, 6.07) is 4.12. The molecule has 2 nitrogen and oxygen atoms in total. The molecule has 2 heteroatoms. The van der Waals surface area contributed by atoms with Crippen LogP contribution in [0.25, 0.3) is 0 Å². The Hall–Kier alpha value is -0.760. The zero-order valence-corrected chi connectivity index (χ0v) is 7.67. The van der Waals surface area contributed by atoms with Crippen LogP contribution in [0, 0.1) is 0 Å². The quantitative estimate of drug-likeness (QED) is 0.688. The molecule has 0 aromatic carbocycles. The summed E-state index contributed by atoms with van der Waals surface area (Å²) in [7, 11) is 2.03. The number of aromatic nitrogens is 1. The minimum Gasteiger partial charge on any atom is -0.354 e. The van der Waals surface area contributed by atoms with E-state index >= 15 is 0 Å². The summed E-state index contributed by atoms with van der Waals surface area (Å²) in [6.07, 6.45) is 3.01. The van der Waals surface area contributed by atoms with Crippen LogP contribution in [0.15, 0.2) is 18.3 Å². The number of nitrogens with two attached hydrogens (primary N) is 1. The first kappa shape index (κ1) is 10.2. The summed E-state index contributed by atoms with van der Waals surface area (Å²) >= 11 is 0. The Labute approximate surface area is 69.0 Å². The molecule has 0 aliphatic rings. The smallest absolute Gasteiger partial charge is 0.0184 e. The Morgan fingerprint density at radius 1 is 1.45 bits per heavy atom. The van der Waals surface area contributed by atoms with Crippen LogP contribution in [-0.4, -0.2) is 11.1 Å². The highest BCUT2D eigenvalue weighted by molar-refractivity contribution is 5.06. The first-order chi connectivity index (χ1) is 5.34. The molecule has 0 aliphatic carbocycles. The Balaban J connectivity index is 0.000000461. The van der Waals surface area contributed by atoms with Crippen LogP contribution >= 0.6 is 0 Å². The highest BCUT2D eigenvalue weighted by Crippen LogP contribution is 1.98. The van der Waals surface area contributed by atoms with Crippen molar-refractivity contribution in [2.45, 2.75) is 20.3 Å². The zero-order valence-electron chi connectivity index (χ0n) is 7.67. The van der Waals surface area contributed by atoms with Crippen LogP contribution in [0.1, 0.15) is 19.5 Å². The maximum absolute atomic E-state index is 5.38. The van der Waals surface area contributed by atoms with E-state index in [-0.39, 0.29) is 0 Å². The molecule has 0 unspecified atom stereocenters.